The van der Waals surface area contributed by atoms with E-state index in [1.807, 2.05) is 32.0 Å². The molecule has 0 aliphatic rings. The fourth-order valence-corrected chi connectivity index (χ4v) is 3.65. The number of esters is 1. The molecule has 0 atom stereocenters. The smallest absolute Gasteiger partial charge is 0.342 e. The van der Waals surface area contributed by atoms with Crippen LogP contribution in [-0.2, 0) is 9.53 Å². The van der Waals surface area contributed by atoms with Crippen LogP contribution >= 0.6 is 11.8 Å². The van der Waals surface area contributed by atoms with Crippen LogP contribution in [0.3, 0.4) is 0 Å². The quantitative estimate of drug-likeness (QED) is 0.383. The van der Waals surface area contributed by atoms with Crippen LogP contribution < -0.4 is 11.1 Å². The SMILES string of the molecule is CCOC(=O)c1c(C)oc(NC(=O)CSc2nnc(-c3cc(C)cc(C)c3)o2)c1C(N)=O. The van der Waals surface area contributed by atoms with Crippen molar-refractivity contribution < 1.29 is 28.0 Å². The minimum Gasteiger partial charge on any atom is -0.462 e. The summed E-state index contributed by atoms with van der Waals surface area (Å²) >= 11 is 1.01. The Hall–Kier alpha value is -3.60. The number of anilines is 1. The lowest BCUT2D eigenvalue weighted by atomic mass is 10.1. The summed E-state index contributed by atoms with van der Waals surface area (Å²) in [6.07, 6.45) is 0. The lowest BCUT2D eigenvalue weighted by molar-refractivity contribution is -0.113. The lowest BCUT2D eigenvalue weighted by Gasteiger charge is -2.04. The van der Waals surface area contributed by atoms with Gasteiger partial charge in [-0.05, 0) is 39.8 Å². The third-order valence-electron chi connectivity index (χ3n) is 4.27. The van der Waals surface area contributed by atoms with E-state index in [4.69, 9.17) is 19.3 Å². The summed E-state index contributed by atoms with van der Waals surface area (Å²) in [4.78, 5) is 36.4. The zero-order chi connectivity index (χ0) is 23.4. The van der Waals surface area contributed by atoms with Crippen LogP contribution in [0, 0.1) is 20.8 Å². The number of carbonyl (C=O) groups is 3. The highest BCUT2D eigenvalue weighted by Gasteiger charge is 2.29. The second kappa shape index (κ2) is 9.69. The van der Waals surface area contributed by atoms with Gasteiger partial charge in [0, 0.05) is 5.56 Å². The molecule has 0 unspecified atom stereocenters. The van der Waals surface area contributed by atoms with E-state index in [0.717, 1.165) is 28.5 Å². The number of carbonyl (C=O) groups excluding carboxylic acids is 3. The Morgan fingerprint density at radius 3 is 2.38 bits per heavy atom. The fourth-order valence-electron chi connectivity index (χ4n) is 3.09. The maximum Gasteiger partial charge on any atom is 0.342 e. The molecule has 2 amide bonds. The molecule has 0 bridgehead atoms. The molecular weight excluding hydrogens is 436 g/mol. The Bertz CT molecular complexity index is 1160. The average Bonchev–Trinajstić information content (AvgIpc) is 3.30. The molecule has 11 heteroatoms. The van der Waals surface area contributed by atoms with Gasteiger partial charge in [0.05, 0.1) is 12.4 Å². The van der Waals surface area contributed by atoms with Crippen molar-refractivity contribution in [3.63, 3.8) is 0 Å². The van der Waals surface area contributed by atoms with E-state index in [2.05, 4.69) is 15.5 Å². The monoisotopic (exact) mass is 458 g/mol. The second-order valence-electron chi connectivity index (χ2n) is 6.91. The molecule has 0 fully saturated rings. The Balaban J connectivity index is 1.69. The van der Waals surface area contributed by atoms with Crippen molar-refractivity contribution in [3.8, 4) is 11.5 Å². The summed E-state index contributed by atoms with van der Waals surface area (Å²) in [5.74, 6) is -2.09. The molecule has 0 saturated heterocycles. The van der Waals surface area contributed by atoms with Crippen LogP contribution in [0.1, 0.15) is 44.5 Å². The third-order valence-corrected chi connectivity index (χ3v) is 5.08. The number of hydrogen-bond acceptors (Lipinski definition) is 9. The number of thioether (sulfide) groups is 1. The van der Waals surface area contributed by atoms with Crippen LogP contribution in [0.25, 0.3) is 11.5 Å². The highest BCUT2D eigenvalue weighted by molar-refractivity contribution is 7.99. The summed E-state index contributed by atoms with van der Waals surface area (Å²) in [6.45, 7) is 7.14. The first-order valence-electron chi connectivity index (χ1n) is 9.64. The Morgan fingerprint density at radius 2 is 1.75 bits per heavy atom. The number of aryl methyl sites for hydroxylation is 3. The first-order chi connectivity index (χ1) is 15.2. The van der Waals surface area contributed by atoms with Gasteiger partial charge >= 0.3 is 5.97 Å². The maximum atomic E-state index is 12.4. The maximum absolute atomic E-state index is 12.4. The van der Waals surface area contributed by atoms with E-state index in [9.17, 15) is 14.4 Å². The number of benzene rings is 1. The van der Waals surface area contributed by atoms with Gasteiger partial charge in [0.15, 0.2) is 0 Å². The van der Waals surface area contributed by atoms with Gasteiger partial charge in [-0.2, -0.15) is 0 Å². The molecule has 10 nitrogen and oxygen atoms in total. The normalized spacial score (nSPS) is 10.8. The summed E-state index contributed by atoms with van der Waals surface area (Å²) in [7, 11) is 0. The Kier molecular flexibility index (Phi) is 6.98. The standard InChI is InChI=1S/C21H22N4O6S/c1-5-29-20(28)15-12(4)30-19(16(15)17(22)27)23-14(26)9-32-21-25-24-18(31-21)13-7-10(2)6-11(3)8-13/h6-8H,5,9H2,1-4H3,(H2,22,27)(H,23,26). The van der Waals surface area contributed by atoms with E-state index in [0.29, 0.717) is 5.89 Å². The number of nitrogens with two attached hydrogens (primary N) is 1. The molecule has 3 N–H and O–H groups in total. The van der Waals surface area contributed by atoms with Gasteiger partial charge in [0.1, 0.15) is 16.9 Å². The first kappa shape index (κ1) is 23.1. The van der Waals surface area contributed by atoms with Crippen LogP contribution in [0.15, 0.2) is 32.3 Å². The lowest BCUT2D eigenvalue weighted by Crippen LogP contribution is -2.21. The van der Waals surface area contributed by atoms with Crippen LogP contribution in [0.4, 0.5) is 5.88 Å². The minimum atomic E-state index is -0.928. The topological polar surface area (TPSA) is 151 Å². The third kappa shape index (κ3) is 5.17. The van der Waals surface area contributed by atoms with Crippen molar-refractivity contribution in [3.05, 3.63) is 46.2 Å². The molecule has 2 aromatic heterocycles. The number of nitrogens with zero attached hydrogens (tertiary/aromatic N) is 2. The second-order valence-corrected chi connectivity index (χ2v) is 7.84. The number of nitrogens with one attached hydrogen (secondary N) is 1. The van der Waals surface area contributed by atoms with Crippen LogP contribution in [0.2, 0.25) is 0 Å². The van der Waals surface area contributed by atoms with Crippen molar-refractivity contribution >= 4 is 35.4 Å². The van der Waals surface area contributed by atoms with Crippen molar-refractivity contribution in [2.45, 2.75) is 32.9 Å². The van der Waals surface area contributed by atoms with Crippen LogP contribution in [-0.4, -0.2) is 40.3 Å². The highest BCUT2D eigenvalue weighted by Crippen LogP contribution is 2.29. The van der Waals surface area contributed by atoms with Crippen molar-refractivity contribution in [2.75, 3.05) is 17.7 Å². The predicted octanol–water partition coefficient (Wildman–Crippen LogP) is 3.26. The predicted molar refractivity (Wildman–Crippen MR) is 116 cm³/mol. The molecule has 0 aliphatic heterocycles. The molecule has 3 aromatic rings. The Morgan fingerprint density at radius 1 is 1.06 bits per heavy atom. The molecule has 2 heterocycles. The van der Waals surface area contributed by atoms with E-state index in [1.165, 1.54) is 6.92 Å². The fraction of sp³-hybridized carbons (Fsp3) is 0.286. The number of ether oxygens (including phenoxy) is 1. The number of aromatic nitrogens is 2. The molecule has 0 radical (unpaired) electrons. The summed E-state index contributed by atoms with van der Waals surface area (Å²) in [5, 5.41) is 10.6. The molecule has 3 rings (SSSR count). The van der Waals surface area contributed by atoms with Crippen molar-refractivity contribution in [1.82, 2.24) is 10.2 Å². The molecule has 0 spiro atoms. The van der Waals surface area contributed by atoms with Gasteiger partial charge in [-0.25, -0.2) is 4.79 Å². The van der Waals surface area contributed by atoms with Gasteiger partial charge in [-0.3, -0.25) is 14.9 Å². The Labute approximate surface area is 187 Å². The van der Waals surface area contributed by atoms with Crippen LogP contribution in [0.5, 0.6) is 0 Å². The van der Waals surface area contributed by atoms with E-state index in [1.54, 1.807) is 6.92 Å². The minimum absolute atomic E-state index is 0.105. The molecule has 1 aromatic carbocycles. The first-order valence-corrected chi connectivity index (χ1v) is 10.6. The summed E-state index contributed by atoms with van der Waals surface area (Å²) in [5.41, 5.74) is 7.94. The van der Waals surface area contributed by atoms with Crippen molar-refractivity contribution in [1.29, 1.82) is 0 Å². The van der Waals surface area contributed by atoms with Gasteiger partial charge in [0.2, 0.25) is 17.7 Å². The molecule has 0 saturated carbocycles. The molecule has 32 heavy (non-hydrogen) atoms. The molecule has 0 aliphatic carbocycles. The highest BCUT2D eigenvalue weighted by atomic mass is 32.2. The number of primary amides is 1. The number of furan rings is 1. The van der Waals surface area contributed by atoms with E-state index < -0.39 is 17.8 Å². The zero-order valence-corrected chi connectivity index (χ0v) is 18.8. The van der Waals surface area contributed by atoms with E-state index in [-0.39, 0.29) is 40.4 Å². The van der Waals surface area contributed by atoms with Gasteiger partial charge in [-0.15, -0.1) is 10.2 Å². The molecular formula is C21H22N4O6S. The number of amides is 2. The largest absolute Gasteiger partial charge is 0.462 e. The zero-order valence-electron chi connectivity index (χ0n) is 18.0. The summed E-state index contributed by atoms with van der Waals surface area (Å²) < 4.78 is 15.9. The van der Waals surface area contributed by atoms with Gasteiger partial charge < -0.3 is 19.3 Å². The average molecular weight is 458 g/mol. The number of hydrogen-bond donors (Lipinski definition) is 2. The van der Waals surface area contributed by atoms with Gasteiger partial charge in [-0.1, -0.05) is 29.0 Å². The van der Waals surface area contributed by atoms with Crippen molar-refractivity contribution in [2.24, 2.45) is 5.73 Å². The van der Waals surface area contributed by atoms with E-state index >= 15 is 0 Å². The number of rotatable bonds is 8. The summed E-state index contributed by atoms with van der Waals surface area (Å²) in [6, 6.07) is 5.88. The molecule has 168 valence electrons. The van der Waals surface area contributed by atoms with Gasteiger partial charge in [0.25, 0.3) is 11.1 Å².